The van der Waals surface area contributed by atoms with Crippen LogP contribution in [0.4, 0.5) is 0 Å². The lowest BCUT2D eigenvalue weighted by molar-refractivity contribution is -0.139. The van der Waals surface area contributed by atoms with Gasteiger partial charge in [0.2, 0.25) is 0 Å². The number of esters is 1. The summed E-state index contributed by atoms with van der Waals surface area (Å²) in [5.74, 6) is -0.202. The SMILES string of the molecule is COC(=O)C/C=C/CBr. The first-order chi connectivity index (χ1) is 4.31. The van der Waals surface area contributed by atoms with Crippen molar-refractivity contribution in [3.8, 4) is 0 Å². The van der Waals surface area contributed by atoms with E-state index in [0.717, 1.165) is 5.33 Å². The molecule has 3 heteroatoms. The Kier molecular flexibility index (Phi) is 5.62. The van der Waals surface area contributed by atoms with Crippen LogP contribution < -0.4 is 0 Å². The zero-order chi connectivity index (χ0) is 7.11. The number of carbonyl (C=O) groups is 1. The average Bonchev–Trinajstić information content (AvgIpc) is 1.89. The fraction of sp³-hybridized carbons (Fsp3) is 0.500. The van der Waals surface area contributed by atoms with Crippen LogP contribution in [0.5, 0.6) is 0 Å². The van der Waals surface area contributed by atoms with Crippen LogP contribution in [0.25, 0.3) is 0 Å². The van der Waals surface area contributed by atoms with Gasteiger partial charge in [-0.1, -0.05) is 28.1 Å². The summed E-state index contributed by atoms with van der Waals surface area (Å²) < 4.78 is 4.39. The predicted molar refractivity (Wildman–Crippen MR) is 39.6 cm³/mol. The van der Waals surface area contributed by atoms with Crippen LogP contribution in [0.15, 0.2) is 12.2 Å². The molecule has 0 fully saturated rings. The number of rotatable bonds is 3. The first-order valence-corrected chi connectivity index (χ1v) is 3.71. The van der Waals surface area contributed by atoms with Gasteiger partial charge in [0.15, 0.2) is 0 Å². The van der Waals surface area contributed by atoms with E-state index < -0.39 is 0 Å². The third-order valence-corrected chi connectivity index (χ3v) is 1.14. The fourth-order valence-corrected chi connectivity index (χ4v) is 0.590. The van der Waals surface area contributed by atoms with Gasteiger partial charge in [0.25, 0.3) is 0 Å². The van der Waals surface area contributed by atoms with Gasteiger partial charge in [0.1, 0.15) is 0 Å². The van der Waals surface area contributed by atoms with E-state index in [1.807, 2.05) is 6.08 Å². The van der Waals surface area contributed by atoms with E-state index in [4.69, 9.17) is 0 Å². The van der Waals surface area contributed by atoms with Crippen molar-refractivity contribution >= 4 is 21.9 Å². The second kappa shape index (κ2) is 5.82. The number of methoxy groups -OCH3 is 1. The number of allylic oxidation sites excluding steroid dienone is 1. The number of carbonyl (C=O) groups excluding carboxylic acids is 1. The smallest absolute Gasteiger partial charge is 0.309 e. The molecule has 0 bridgehead atoms. The Hall–Kier alpha value is -0.310. The van der Waals surface area contributed by atoms with Crippen LogP contribution in [0.3, 0.4) is 0 Å². The Bertz CT molecular complexity index is 110. The van der Waals surface area contributed by atoms with Crippen LogP contribution in [-0.4, -0.2) is 18.4 Å². The van der Waals surface area contributed by atoms with Crippen LogP contribution in [0.1, 0.15) is 6.42 Å². The highest BCUT2D eigenvalue weighted by Gasteiger charge is 1.91. The summed E-state index contributed by atoms with van der Waals surface area (Å²) >= 11 is 3.18. The maximum atomic E-state index is 10.4. The first kappa shape index (κ1) is 8.69. The summed E-state index contributed by atoms with van der Waals surface area (Å²) in [6, 6.07) is 0. The zero-order valence-electron chi connectivity index (χ0n) is 5.26. The van der Waals surface area contributed by atoms with Gasteiger partial charge >= 0.3 is 5.97 Å². The van der Waals surface area contributed by atoms with Crippen molar-refractivity contribution in [2.45, 2.75) is 6.42 Å². The van der Waals surface area contributed by atoms with Crippen molar-refractivity contribution in [1.29, 1.82) is 0 Å². The average molecular weight is 193 g/mol. The lowest BCUT2D eigenvalue weighted by Crippen LogP contribution is -1.96. The summed E-state index contributed by atoms with van der Waals surface area (Å²) in [4.78, 5) is 10.4. The van der Waals surface area contributed by atoms with Gasteiger partial charge in [-0.05, 0) is 0 Å². The van der Waals surface area contributed by atoms with E-state index in [1.165, 1.54) is 7.11 Å². The van der Waals surface area contributed by atoms with Crippen molar-refractivity contribution in [2.24, 2.45) is 0 Å². The van der Waals surface area contributed by atoms with Gasteiger partial charge in [-0.25, -0.2) is 0 Å². The Labute approximate surface area is 63.0 Å². The molecule has 0 aromatic rings. The molecule has 0 spiro atoms. The minimum atomic E-state index is -0.202. The van der Waals surface area contributed by atoms with Gasteiger partial charge in [-0.15, -0.1) is 0 Å². The summed E-state index contributed by atoms with van der Waals surface area (Å²) in [5, 5.41) is 0.782. The van der Waals surface area contributed by atoms with E-state index in [1.54, 1.807) is 6.08 Å². The van der Waals surface area contributed by atoms with Crippen molar-refractivity contribution in [3.05, 3.63) is 12.2 Å². The molecule has 0 aliphatic heterocycles. The molecular formula is C6H9BrO2. The van der Waals surface area contributed by atoms with Gasteiger partial charge < -0.3 is 4.74 Å². The summed E-state index contributed by atoms with van der Waals surface area (Å²) in [6.07, 6.45) is 3.99. The molecule has 0 unspecified atom stereocenters. The standard InChI is InChI=1S/C6H9BrO2/c1-9-6(8)4-2-3-5-7/h2-3H,4-5H2,1H3/b3-2+. The second-order valence-corrected chi connectivity index (χ2v) is 2.05. The molecule has 0 aromatic carbocycles. The van der Waals surface area contributed by atoms with Gasteiger partial charge in [-0.3, -0.25) is 4.79 Å². The van der Waals surface area contributed by atoms with Gasteiger partial charge in [0.05, 0.1) is 13.5 Å². The Morgan fingerprint density at radius 3 is 2.78 bits per heavy atom. The van der Waals surface area contributed by atoms with Crippen molar-refractivity contribution in [3.63, 3.8) is 0 Å². The molecule has 0 radical (unpaired) electrons. The lowest BCUT2D eigenvalue weighted by Gasteiger charge is -1.90. The van der Waals surface area contributed by atoms with Crippen LogP contribution in [-0.2, 0) is 9.53 Å². The van der Waals surface area contributed by atoms with Gasteiger partial charge in [-0.2, -0.15) is 0 Å². The Morgan fingerprint density at radius 1 is 1.67 bits per heavy atom. The molecule has 2 nitrogen and oxygen atoms in total. The van der Waals surface area contributed by atoms with Crippen LogP contribution in [0, 0.1) is 0 Å². The maximum Gasteiger partial charge on any atom is 0.309 e. The first-order valence-electron chi connectivity index (χ1n) is 2.59. The minimum Gasteiger partial charge on any atom is -0.469 e. The lowest BCUT2D eigenvalue weighted by atomic mass is 10.4. The number of ether oxygens (including phenoxy) is 1. The zero-order valence-corrected chi connectivity index (χ0v) is 6.85. The third kappa shape index (κ3) is 5.56. The van der Waals surface area contributed by atoms with Crippen molar-refractivity contribution in [1.82, 2.24) is 0 Å². The van der Waals surface area contributed by atoms with Crippen molar-refractivity contribution in [2.75, 3.05) is 12.4 Å². The monoisotopic (exact) mass is 192 g/mol. The summed E-state index contributed by atoms with van der Waals surface area (Å²) in [7, 11) is 1.38. The third-order valence-electron chi connectivity index (χ3n) is 0.768. The quantitative estimate of drug-likeness (QED) is 0.385. The molecule has 52 valence electrons. The molecule has 0 aromatic heterocycles. The van der Waals surface area contributed by atoms with Crippen LogP contribution in [0.2, 0.25) is 0 Å². The minimum absolute atomic E-state index is 0.202. The molecule has 0 saturated carbocycles. The molecular weight excluding hydrogens is 184 g/mol. The molecule has 0 N–H and O–H groups in total. The molecule has 0 atom stereocenters. The highest BCUT2D eigenvalue weighted by atomic mass is 79.9. The number of halogens is 1. The number of hydrogen-bond donors (Lipinski definition) is 0. The van der Waals surface area contributed by atoms with E-state index in [2.05, 4.69) is 20.7 Å². The Morgan fingerprint density at radius 2 is 2.33 bits per heavy atom. The fourth-order valence-electron chi connectivity index (χ4n) is 0.326. The molecule has 0 aliphatic rings. The molecule has 0 amide bonds. The topological polar surface area (TPSA) is 26.3 Å². The number of hydrogen-bond acceptors (Lipinski definition) is 2. The normalized spacial score (nSPS) is 10.0. The van der Waals surface area contributed by atoms with E-state index in [9.17, 15) is 4.79 Å². The maximum absolute atomic E-state index is 10.4. The molecule has 9 heavy (non-hydrogen) atoms. The highest BCUT2D eigenvalue weighted by Crippen LogP contribution is 1.88. The highest BCUT2D eigenvalue weighted by molar-refractivity contribution is 9.09. The summed E-state index contributed by atoms with van der Waals surface area (Å²) in [5.41, 5.74) is 0. The van der Waals surface area contributed by atoms with E-state index >= 15 is 0 Å². The van der Waals surface area contributed by atoms with Gasteiger partial charge in [0, 0.05) is 5.33 Å². The predicted octanol–water partition coefficient (Wildman–Crippen LogP) is 1.50. The molecule has 0 aliphatic carbocycles. The largest absolute Gasteiger partial charge is 0.469 e. The molecule has 0 heterocycles. The number of alkyl halides is 1. The van der Waals surface area contributed by atoms with E-state index in [0.29, 0.717) is 6.42 Å². The van der Waals surface area contributed by atoms with Crippen LogP contribution >= 0.6 is 15.9 Å². The summed E-state index contributed by atoms with van der Waals surface area (Å²) in [6.45, 7) is 0. The van der Waals surface area contributed by atoms with E-state index in [-0.39, 0.29) is 5.97 Å². The second-order valence-electron chi connectivity index (χ2n) is 1.41. The Balaban J connectivity index is 3.26. The molecule has 0 rings (SSSR count). The van der Waals surface area contributed by atoms with Crippen molar-refractivity contribution < 1.29 is 9.53 Å². The molecule has 0 saturated heterocycles.